The summed E-state index contributed by atoms with van der Waals surface area (Å²) in [4.78, 5) is 25.1. The Balaban J connectivity index is 1.65. The van der Waals surface area contributed by atoms with Crippen molar-refractivity contribution in [2.24, 2.45) is 5.73 Å². The van der Waals surface area contributed by atoms with Crippen molar-refractivity contribution in [1.82, 2.24) is 0 Å². The molecule has 0 radical (unpaired) electrons. The third kappa shape index (κ3) is 3.87. The predicted octanol–water partition coefficient (Wildman–Crippen LogP) is 4.09. The second kappa shape index (κ2) is 8.39. The van der Waals surface area contributed by atoms with E-state index in [1.807, 2.05) is 24.3 Å². The summed E-state index contributed by atoms with van der Waals surface area (Å²) < 4.78 is 23.1. The maximum Gasteiger partial charge on any atom is 0.340 e. The molecule has 1 aromatic heterocycles. The van der Waals surface area contributed by atoms with Gasteiger partial charge in [0.05, 0.1) is 13.0 Å². The van der Waals surface area contributed by atoms with E-state index in [1.165, 1.54) is 7.11 Å². The highest BCUT2D eigenvalue weighted by Gasteiger charge is 2.42. The summed E-state index contributed by atoms with van der Waals surface area (Å²) >= 11 is 3.40. The van der Waals surface area contributed by atoms with E-state index >= 15 is 0 Å². The molecule has 0 fully saturated rings. The standard InChI is InChI=1S/C22H20BrNO6/c1-27-22(26)20-19(18-15(25)6-3-7-16(18)30-21(20)24)17-9-8-14(29-17)11-28-13-5-2-4-12(23)10-13/h2,4-5,8-10,19H,3,6-7,11,24H2,1H3/t19-/m0/s1. The van der Waals surface area contributed by atoms with Gasteiger partial charge in [0.25, 0.3) is 0 Å². The number of halogens is 1. The number of nitrogens with two attached hydrogens (primary N) is 1. The van der Waals surface area contributed by atoms with Crippen molar-refractivity contribution in [3.05, 3.63) is 75.2 Å². The number of hydrogen-bond donors (Lipinski definition) is 1. The quantitative estimate of drug-likeness (QED) is 0.652. The van der Waals surface area contributed by atoms with Gasteiger partial charge in [-0.3, -0.25) is 4.79 Å². The molecule has 0 saturated heterocycles. The van der Waals surface area contributed by atoms with Gasteiger partial charge in [0.15, 0.2) is 5.78 Å². The van der Waals surface area contributed by atoms with E-state index in [4.69, 9.17) is 24.4 Å². The van der Waals surface area contributed by atoms with Crippen LogP contribution in [0.25, 0.3) is 0 Å². The van der Waals surface area contributed by atoms with E-state index in [0.717, 1.165) is 4.47 Å². The lowest BCUT2D eigenvalue weighted by Gasteiger charge is -2.30. The smallest absolute Gasteiger partial charge is 0.340 e. The Morgan fingerprint density at radius 2 is 2.10 bits per heavy atom. The maximum absolute atomic E-state index is 12.7. The van der Waals surface area contributed by atoms with E-state index in [0.29, 0.717) is 47.9 Å². The lowest BCUT2D eigenvalue weighted by Crippen LogP contribution is -2.31. The fourth-order valence-corrected chi connectivity index (χ4v) is 4.07. The zero-order valence-corrected chi connectivity index (χ0v) is 17.9. The van der Waals surface area contributed by atoms with Crippen molar-refractivity contribution >= 4 is 27.7 Å². The third-order valence-corrected chi connectivity index (χ3v) is 5.53. The minimum atomic E-state index is -0.770. The molecule has 1 aromatic carbocycles. The number of furan rings is 1. The number of esters is 1. The molecule has 0 saturated carbocycles. The fraction of sp³-hybridized carbons (Fsp3) is 0.273. The molecule has 2 heterocycles. The Kier molecular flexibility index (Phi) is 5.67. The first-order valence-corrected chi connectivity index (χ1v) is 10.3. The molecule has 0 unspecified atom stereocenters. The lowest BCUT2D eigenvalue weighted by molar-refractivity contribution is -0.136. The molecule has 2 N–H and O–H groups in total. The molecule has 1 aliphatic heterocycles. The van der Waals surface area contributed by atoms with Crippen LogP contribution >= 0.6 is 15.9 Å². The highest BCUT2D eigenvalue weighted by atomic mass is 79.9. The van der Waals surface area contributed by atoms with Crippen LogP contribution in [-0.2, 0) is 25.7 Å². The first-order chi connectivity index (χ1) is 14.5. The average Bonchev–Trinajstić information content (AvgIpc) is 3.20. The number of allylic oxidation sites excluding steroid dienone is 2. The molecular weight excluding hydrogens is 454 g/mol. The molecule has 1 aliphatic carbocycles. The van der Waals surface area contributed by atoms with Gasteiger partial charge in [-0.05, 0) is 36.8 Å². The zero-order chi connectivity index (χ0) is 21.3. The number of rotatable bonds is 5. The van der Waals surface area contributed by atoms with Gasteiger partial charge < -0.3 is 24.4 Å². The number of methoxy groups -OCH3 is 1. The number of Topliss-reactive ketones (excluding diaryl/α,β-unsaturated/α-hetero) is 1. The van der Waals surface area contributed by atoms with Crippen LogP contribution in [0.1, 0.15) is 36.7 Å². The van der Waals surface area contributed by atoms with Crippen LogP contribution in [0, 0.1) is 0 Å². The Morgan fingerprint density at radius 1 is 1.27 bits per heavy atom. The summed E-state index contributed by atoms with van der Waals surface area (Å²) in [5.41, 5.74) is 6.51. The first kappa shape index (κ1) is 20.3. The van der Waals surface area contributed by atoms with Crippen LogP contribution in [0.5, 0.6) is 5.75 Å². The second-order valence-corrected chi connectivity index (χ2v) is 7.88. The number of carbonyl (C=O) groups excluding carboxylic acids is 2. The van der Waals surface area contributed by atoms with Gasteiger partial charge in [-0.25, -0.2) is 4.79 Å². The third-order valence-electron chi connectivity index (χ3n) is 5.03. The number of ether oxygens (including phenoxy) is 3. The molecule has 2 aliphatic rings. The van der Waals surface area contributed by atoms with Crippen molar-refractivity contribution < 1.29 is 28.2 Å². The van der Waals surface area contributed by atoms with E-state index in [1.54, 1.807) is 12.1 Å². The Hall–Kier alpha value is -3.00. The van der Waals surface area contributed by atoms with Crippen LogP contribution in [-0.4, -0.2) is 18.9 Å². The van der Waals surface area contributed by atoms with Gasteiger partial charge in [-0.15, -0.1) is 0 Å². The van der Waals surface area contributed by atoms with E-state index < -0.39 is 11.9 Å². The van der Waals surface area contributed by atoms with Crippen molar-refractivity contribution in [2.45, 2.75) is 31.8 Å². The van der Waals surface area contributed by atoms with Crippen LogP contribution in [0.4, 0.5) is 0 Å². The number of carbonyl (C=O) groups is 2. The molecule has 4 rings (SSSR count). The minimum Gasteiger partial charge on any atom is -0.486 e. The van der Waals surface area contributed by atoms with Crippen molar-refractivity contribution in [1.29, 1.82) is 0 Å². The number of hydrogen-bond acceptors (Lipinski definition) is 7. The van der Waals surface area contributed by atoms with Crippen molar-refractivity contribution in [3.63, 3.8) is 0 Å². The molecule has 0 amide bonds. The molecule has 1 atom stereocenters. The van der Waals surface area contributed by atoms with E-state index in [9.17, 15) is 9.59 Å². The van der Waals surface area contributed by atoms with Gasteiger partial charge in [0, 0.05) is 22.9 Å². The number of ketones is 1. The highest BCUT2D eigenvalue weighted by Crippen LogP contribution is 2.44. The number of benzene rings is 1. The molecule has 0 spiro atoms. The predicted molar refractivity (Wildman–Crippen MR) is 110 cm³/mol. The summed E-state index contributed by atoms with van der Waals surface area (Å²) in [5, 5.41) is 0. The molecule has 0 bridgehead atoms. The SMILES string of the molecule is COC(=O)C1=C(N)OC2=C(C(=O)CCC2)[C@@H]1c1ccc(COc2cccc(Br)c2)o1. The topological polar surface area (TPSA) is 101 Å². The highest BCUT2D eigenvalue weighted by molar-refractivity contribution is 9.10. The molecule has 30 heavy (non-hydrogen) atoms. The molecule has 8 heteroatoms. The normalized spacial score (nSPS) is 18.7. The molecule has 2 aromatic rings. The molecular formula is C22H20BrNO6. The van der Waals surface area contributed by atoms with Crippen LogP contribution < -0.4 is 10.5 Å². The van der Waals surface area contributed by atoms with Gasteiger partial charge in [-0.2, -0.15) is 0 Å². The summed E-state index contributed by atoms with van der Waals surface area (Å²) in [5.74, 6) is 0.549. The molecule has 156 valence electrons. The summed E-state index contributed by atoms with van der Waals surface area (Å²) in [7, 11) is 1.26. The summed E-state index contributed by atoms with van der Waals surface area (Å²) in [6.07, 6.45) is 1.63. The maximum atomic E-state index is 12.7. The zero-order valence-electron chi connectivity index (χ0n) is 16.3. The van der Waals surface area contributed by atoms with Crippen LogP contribution in [0.15, 0.2) is 68.1 Å². The Bertz CT molecular complexity index is 1070. The van der Waals surface area contributed by atoms with E-state index in [-0.39, 0.29) is 23.8 Å². The van der Waals surface area contributed by atoms with E-state index in [2.05, 4.69) is 15.9 Å². The largest absolute Gasteiger partial charge is 0.486 e. The van der Waals surface area contributed by atoms with Crippen molar-refractivity contribution in [2.75, 3.05) is 7.11 Å². The average molecular weight is 474 g/mol. The van der Waals surface area contributed by atoms with Crippen LogP contribution in [0.3, 0.4) is 0 Å². The van der Waals surface area contributed by atoms with Crippen molar-refractivity contribution in [3.8, 4) is 5.75 Å². The van der Waals surface area contributed by atoms with Gasteiger partial charge in [-0.1, -0.05) is 22.0 Å². The Morgan fingerprint density at radius 3 is 2.87 bits per heavy atom. The lowest BCUT2D eigenvalue weighted by atomic mass is 9.79. The summed E-state index contributed by atoms with van der Waals surface area (Å²) in [6, 6.07) is 10.9. The van der Waals surface area contributed by atoms with Gasteiger partial charge in [0.2, 0.25) is 5.88 Å². The van der Waals surface area contributed by atoms with Crippen LogP contribution in [0.2, 0.25) is 0 Å². The second-order valence-electron chi connectivity index (χ2n) is 6.97. The minimum absolute atomic E-state index is 0.0661. The summed E-state index contributed by atoms with van der Waals surface area (Å²) in [6.45, 7) is 0.187. The molecule has 7 nitrogen and oxygen atoms in total. The fourth-order valence-electron chi connectivity index (χ4n) is 3.69. The van der Waals surface area contributed by atoms with Gasteiger partial charge >= 0.3 is 5.97 Å². The first-order valence-electron chi connectivity index (χ1n) is 9.47. The van der Waals surface area contributed by atoms with Gasteiger partial charge in [0.1, 0.15) is 35.2 Å². The monoisotopic (exact) mass is 473 g/mol. The Labute approximate surface area is 181 Å².